The molecule has 0 amide bonds. The number of nitrogens with zero attached hydrogens (tertiary/aromatic N) is 4. The lowest BCUT2D eigenvalue weighted by Crippen LogP contribution is -2.17. The Bertz CT molecular complexity index is 2270. The van der Waals surface area contributed by atoms with Crippen LogP contribution >= 0.6 is 0 Å². The van der Waals surface area contributed by atoms with Gasteiger partial charge in [-0.2, -0.15) is 5.10 Å². The third kappa shape index (κ3) is 4.98. The van der Waals surface area contributed by atoms with Gasteiger partial charge in [-0.3, -0.25) is 9.52 Å². The second kappa shape index (κ2) is 10.7. The molecule has 0 radical (unpaired) electrons. The fourth-order valence-electron chi connectivity index (χ4n) is 5.14. The molecule has 3 aromatic carbocycles. The summed E-state index contributed by atoms with van der Waals surface area (Å²) in [6.07, 6.45) is 2.26. The number of methoxy groups -OCH3 is 1. The van der Waals surface area contributed by atoms with Crippen LogP contribution in [0.3, 0.4) is 0 Å². The fraction of sp³-hybridized carbons (Fsp3) is 0.133. The van der Waals surface area contributed by atoms with E-state index in [0.717, 1.165) is 18.4 Å². The smallest absolute Gasteiger partial charge is 0.229 e. The number of nitrogen functional groups attached to an aromatic ring is 1. The number of aromatic nitrogens is 4. The summed E-state index contributed by atoms with van der Waals surface area (Å²) in [6, 6.07) is 13.3. The van der Waals surface area contributed by atoms with Crippen LogP contribution in [0.15, 0.2) is 76.2 Å². The van der Waals surface area contributed by atoms with Crippen LogP contribution in [-0.4, -0.2) is 41.5 Å². The number of hydrogen-bond donors (Lipinski definition) is 2. The third-order valence-electron chi connectivity index (χ3n) is 7.04. The molecule has 0 aliphatic rings. The first kappa shape index (κ1) is 28.7. The molecule has 1 atom stereocenters. The highest BCUT2D eigenvalue weighted by Crippen LogP contribution is 2.38. The van der Waals surface area contributed by atoms with Crippen LogP contribution in [0.25, 0.3) is 44.4 Å². The zero-order valence-electron chi connectivity index (χ0n) is 23.5. The van der Waals surface area contributed by atoms with Gasteiger partial charge < -0.3 is 14.9 Å². The number of benzene rings is 3. The summed E-state index contributed by atoms with van der Waals surface area (Å²) in [5.41, 5.74) is 6.91. The van der Waals surface area contributed by atoms with Gasteiger partial charge in [-0.1, -0.05) is 18.2 Å². The van der Waals surface area contributed by atoms with Crippen molar-refractivity contribution in [3.05, 3.63) is 94.6 Å². The molecule has 14 heteroatoms. The minimum atomic E-state index is -3.66. The van der Waals surface area contributed by atoms with Crippen LogP contribution in [0.5, 0.6) is 5.75 Å². The van der Waals surface area contributed by atoms with Crippen LogP contribution in [0.4, 0.5) is 20.3 Å². The summed E-state index contributed by atoms with van der Waals surface area (Å²) < 4.78 is 68.7. The van der Waals surface area contributed by atoms with Gasteiger partial charge >= 0.3 is 0 Å². The van der Waals surface area contributed by atoms with Crippen LogP contribution < -0.4 is 20.6 Å². The Morgan fingerprint density at radius 2 is 1.80 bits per heavy atom. The lowest BCUT2D eigenvalue weighted by molar-refractivity contribution is 0.417. The van der Waals surface area contributed by atoms with Crippen LogP contribution in [0.2, 0.25) is 0 Å². The molecule has 0 aliphatic carbocycles. The summed E-state index contributed by atoms with van der Waals surface area (Å²) >= 11 is 0. The molecule has 11 nitrogen and oxygen atoms in total. The number of nitrogens with one attached hydrogen (secondary N) is 1. The van der Waals surface area contributed by atoms with Crippen molar-refractivity contribution in [2.24, 2.45) is 0 Å². The molecule has 0 aliphatic heterocycles. The molecule has 224 valence electrons. The molecule has 6 rings (SSSR count). The van der Waals surface area contributed by atoms with Gasteiger partial charge in [-0.05, 0) is 55.0 Å². The van der Waals surface area contributed by atoms with E-state index < -0.39 is 33.1 Å². The van der Waals surface area contributed by atoms with E-state index in [4.69, 9.17) is 20.0 Å². The van der Waals surface area contributed by atoms with Crippen molar-refractivity contribution in [2.75, 3.05) is 23.8 Å². The van der Waals surface area contributed by atoms with Crippen molar-refractivity contribution in [3.63, 3.8) is 0 Å². The zero-order valence-corrected chi connectivity index (χ0v) is 24.3. The van der Waals surface area contributed by atoms with Gasteiger partial charge in [0, 0.05) is 5.56 Å². The quantitative estimate of drug-likeness (QED) is 0.248. The number of sulfonamides is 1. The lowest BCUT2D eigenvalue weighted by atomic mass is 9.99. The Hall–Kier alpha value is -5.37. The number of anilines is 2. The summed E-state index contributed by atoms with van der Waals surface area (Å²) in [5, 5.41) is 4.85. The van der Waals surface area contributed by atoms with Crippen molar-refractivity contribution in [1.29, 1.82) is 0 Å². The molecule has 3 aromatic heterocycles. The van der Waals surface area contributed by atoms with Gasteiger partial charge in [0.2, 0.25) is 15.5 Å². The normalized spacial score (nSPS) is 12.5. The van der Waals surface area contributed by atoms with Crippen molar-refractivity contribution >= 4 is 43.5 Å². The number of rotatable bonds is 7. The maximum atomic E-state index is 14.9. The highest BCUT2D eigenvalue weighted by Gasteiger charge is 2.28. The summed E-state index contributed by atoms with van der Waals surface area (Å²) in [6.45, 7) is 1.69. The first-order chi connectivity index (χ1) is 21.0. The minimum Gasteiger partial charge on any atom is -0.495 e. The van der Waals surface area contributed by atoms with E-state index >= 15 is 0 Å². The summed E-state index contributed by atoms with van der Waals surface area (Å²) in [5.74, 6) is -0.950. The van der Waals surface area contributed by atoms with Gasteiger partial charge in [0.1, 0.15) is 58.0 Å². The van der Waals surface area contributed by atoms with Crippen LogP contribution in [-0.2, 0) is 10.0 Å². The molecule has 0 fully saturated rings. The Morgan fingerprint density at radius 3 is 2.52 bits per heavy atom. The average Bonchev–Trinajstić information content (AvgIpc) is 3.37. The SMILES string of the molecule is COc1ccc(-c2nn([C@@H](C)c3oc4cccc(F)c4c(=O)c3-c3cccc(F)c3)c3ncnc(N)c23)cc1NS(C)(=O)=O. The minimum absolute atomic E-state index is 0.00512. The predicted molar refractivity (Wildman–Crippen MR) is 162 cm³/mol. The maximum absolute atomic E-state index is 14.9. The highest BCUT2D eigenvalue weighted by molar-refractivity contribution is 7.92. The van der Waals surface area contributed by atoms with E-state index in [9.17, 15) is 22.0 Å². The molecular formula is C30H24F2N6O5S. The molecule has 6 aromatic rings. The molecule has 0 saturated carbocycles. The topological polar surface area (TPSA) is 155 Å². The van der Waals surface area contributed by atoms with Gasteiger partial charge in [0.05, 0.1) is 30.0 Å². The standard InChI is InChI=1S/C30H24F2N6O5S/c1-15(28-23(16-6-4-7-18(31)12-16)27(39)24-19(32)8-5-9-22(24)43-28)38-30-25(29(33)34-14-35-30)26(36-38)17-10-11-21(42-2)20(13-17)37-44(3,40)41/h4-15,37H,1-3H3,(H2,33,34,35)/t15-/m0/s1. The number of halogens is 2. The van der Waals surface area contributed by atoms with Gasteiger partial charge in [0.25, 0.3) is 0 Å². The van der Waals surface area contributed by atoms with Crippen molar-refractivity contribution in [1.82, 2.24) is 19.7 Å². The van der Waals surface area contributed by atoms with Crippen molar-refractivity contribution in [3.8, 4) is 28.1 Å². The number of fused-ring (bicyclic) bond motifs is 2. The number of nitrogens with two attached hydrogens (primary N) is 1. The zero-order chi connectivity index (χ0) is 31.3. The van der Waals surface area contributed by atoms with E-state index in [-0.39, 0.29) is 50.8 Å². The van der Waals surface area contributed by atoms with Crippen molar-refractivity contribution < 1.29 is 26.4 Å². The molecule has 0 bridgehead atoms. The Balaban J connectivity index is 1.62. The fourth-order valence-corrected chi connectivity index (χ4v) is 5.70. The Kier molecular flexibility index (Phi) is 7.00. The Labute approximate surface area is 249 Å². The number of ether oxygens (including phenoxy) is 1. The molecular weight excluding hydrogens is 594 g/mol. The van der Waals surface area contributed by atoms with E-state index in [1.807, 2.05) is 0 Å². The monoisotopic (exact) mass is 618 g/mol. The molecule has 3 N–H and O–H groups in total. The van der Waals surface area contributed by atoms with Crippen LogP contribution in [0.1, 0.15) is 18.7 Å². The summed E-state index contributed by atoms with van der Waals surface area (Å²) in [7, 11) is -2.26. The summed E-state index contributed by atoms with van der Waals surface area (Å²) in [4.78, 5) is 22.3. The van der Waals surface area contributed by atoms with Crippen molar-refractivity contribution in [2.45, 2.75) is 13.0 Å². The van der Waals surface area contributed by atoms with E-state index in [1.54, 1.807) is 19.1 Å². The first-order valence-electron chi connectivity index (χ1n) is 13.1. The lowest BCUT2D eigenvalue weighted by Gasteiger charge is -2.17. The molecule has 0 spiro atoms. The van der Waals surface area contributed by atoms with Gasteiger partial charge in [-0.15, -0.1) is 0 Å². The second-order valence-corrected chi connectivity index (χ2v) is 11.8. The third-order valence-corrected chi connectivity index (χ3v) is 7.63. The average molecular weight is 619 g/mol. The van der Waals surface area contributed by atoms with E-state index in [2.05, 4.69) is 14.7 Å². The van der Waals surface area contributed by atoms with E-state index in [0.29, 0.717) is 16.6 Å². The molecule has 0 unspecified atom stereocenters. The Morgan fingerprint density at radius 1 is 1.02 bits per heavy atom. The largest absolute Gasteiger partial charge is 0.495 e. The molecule has 44 heavy (non-hydrogen) atoms. The first-order valence-corrected chi connectivity index (χ1v) is 15.0. The predicted octanol–water partition coefficient (Wildman–Crippen LogP) is 5.12. The molecule has 0 saturated heterocycles. The maximum Gasteiger partial charge on any atom is 0.229 e. The van der Waals surface area contributed by atoms with Gasteiger partial charge in [0.15, 0.2) is 5.65 Å². The molecule has 3 heterocycles. The number of hydrogen-bond acceptors (Lipinski definition) is 9. The highest BCUT2D eigenvalue weighted by atomic mass is 32.2. The second-order valence-electron chi connectivity index (χ2n) is 10.0. The van der Waals surface area contributed by atoms with E-state index in [1.165, 1.54) is 54.5 Å². The van der Waals surface area contributed by atoms with Gasteiger partial charge in [-0.25, -0.2) is 31.8 Å². The van der Waals surface area contributed by atoms with Crippen LogP contribution in [0, 0.1) is 11.6 Å².